The lowest BCUT2D eigenvalue weighted by Gasteiger charge is -2.19. The molecule has 0 radical (unpaired) electrons. The summed E-state index contributed by atoms with van der Waals surface area (Å²) >= 11 is 0. The van der Waals surface area contributed by atoms with Gasteiger partial charge in [-0.25, -0.2) is 4.39 Å². The number of hydrogen-bond donors (Lipinski definition) is 2. The Kier molecular flexibility index (Phi) is 4.60. The number of carbonyl (C=O) groups excluding carboxylic acids is 2. The van der Waals surface area contributed by atoms with Gasteiger partial charge in [-0.05, 0) is 30.3 Å². The Morgan fingerprint density at radius 3 is 2.62 bits per heavy atom. The molecule has 2 aromatic carbocycles. The fourth-order valence-corrected chi connectivity index (χ4v) is 2.22. The van der Waals surface area contributed by atoms with Crippen LogP contribution in [0.5, 0.6) is 11.5 Å². The van der Waals surface area contributed by atoms with Crippen LogP contribution < -0.4 is 20.1 Å². The molecular weight excluding hydrogens is 315 g/mol. The van der Waals surface area contributed by atoms with Crippen LogP contribution in [0.3, 0.4) is 0 Å². The number of anilines is 1. The summed E-state index contributed by atoms with van der Waals surface area (Å²) in [5, 5.41) is 5.08. The van der Waals surface area contributed by atoms with Gasteiger partial charge in [-0.2, -0.15) is 0 Å². The predicted octanol–water partition coefficient (Wildman–Crippen LogP) is 1.97. The van der Waals surface area contributed by atoms with Crippen molar-refractivity contribution in [3.8, 4) is 11.5 Å². The molecule has 124 valence electrons. The smallest absolute Gasteiger partial charge is 0.251 e. The average Bonchev–Trinajstić information content (AvgIpc) is 2.59. The van der Waals surface area contributed by atoms with E-state index >= 15 is 0 Å². The Morgan fingerprint density at radius 1 is 1.04 bits per heavy atom. The van der Waals surface area contributed by atoms with Crippen molar-refractivity contribution >= 4 is 17.5 Å². The lowest BCUT2D eigenvalue weighted by molar-refractivity contribution is -0.115. The molecule has 0 fully saturated rings. The maximum Gasteiger partial charge on any atom is 0.251 e. The van der Waals surface area contributed by atoms with Crippen LogP contribution in [0, 0.1) is 5.82 Å². The van der Waals surface area contributed by atoms with Crippen LogP contribution in [0.25, 0.3) is 0 Å². The molecule has 2 aromatic rings. The zero-order chi connectivity index (χ0) is 16.9. The number of fused-ring (bicyclic) bond motifs is 1. The molecule has 0 aliphatic carbocycles. The Hall–Kier alpha value is -3.09. The van der Waals surface area contributed by atoms with E-state index in [1.54, 1.807) is 18.2 Å². The van der Waals surface area contributed by atoms with Gasteiger partial charge in [0.25, 0.3) is 5.91 Å². The molecule has 24 heavy (non-hydrogen) atoms. The summed E-state index contributed by atoms with van der Waals surface area (Å²) in [6.07, 6.45) is 0. The highest BCUT2D eigenvalue weighted by molar-refractivity contribution is 5.99. The first kappa shape index (κ1) is 15.8. The van der Waals surface area contributed by atoms with E-state index < -0.39 is 17.6 Å². The van der Waals surface area contributed by atoms with E-state index in [0.717, 1.165) is 6.07 Å². The summed E-state index contributed by atoms with van der Waals surface area (Å²) in [7, 11) is 0. The molecule has 0 aromatic heterocycles. The van der Waals surface area contributed by atoms with Gasteiger partial charge in [-0.3, -0.25) is 9.59 Å². The van der Waals surface area contributed by atoms with Gasteiger partial charge in [0, 0.05) is 17.3 Å². The van der Waals surface area contributed by atoms with Gasteiger partial charge in [0.15, 0.2) is 11.5 Å². The fourth-order valence-electron chi connectivity index (χ4n) is 2.22. The first-order valence-corrected chi connectivity index (χ1v) is 7.35. The van der Waals surface area contributed by atoms with Gasteiger partial charge in [0.2, 0.25) is 5.91 Å². The standard InChI is InChI=1S/C17H15FN2O4/c18-12-3-1-2-11(8-12)17(22)19-10-16(21)20-13-4-5-14-15(9-13)24-7-6-23-14/h1-5,8-9H,6-7,10H2,(H,19,22)(H,20,21). The lowest BCUT2D eigenvalue weighted by Crippen LogP contribution is -2.32. The fraction of sp³-hybridized carbons (Fsp3) is 0.176. The highest BCUT2D eigenvalue weighted by Gasteiger charge is 2.13. The van der Waals surface area contributed by atoms with Crippen LogP contribution >= 0.6 is 0 Å². The Bertz CT molecular complexity index is 779. The molecule has 0 saturated heterocycles. The van der Waals surface area contributed by atoms with Crippen molar-refractivity contribution in [1.82, 2.24) is 5.32 Å². The van der Waals surface area contributed by atoms with Crippen molar-refractivity contribution in [3.05, 3.63) is 53.8 Å². The summed E-state index contributed by atoms with van der Waals surface area (Å²) in [6.45, 7) is 0.711. The van der Waals surface area contributed by atoms with E-state index in [1.807, 2.05) is 0 Å². The minimum atomic E-state index is -0.521. The minimum absolute atomic E-state index is 0.155. The second-order valence-corrected chi connectivity index (χ2v) is 5.10. The zero-order valence-corrected chi connectivity index (χ0v) is 12.7. The maximum absolute atomic E-state index is 13.1. The van der Waals surface area contributed by atoms with E-state index in [1.165, 1.54) is 18.2 Å². The third-order valence-electron chi connectivity index (χ3n) is 3.32. The van der Waals surface area contributed by atoms with Crippen LogP contribution in [0.2, 0.25) is 0 Å². The number of hydrogen-bond acceptors (Lipinski definition) is 4. The summed E-state index contributed by atoms with van der Waals surface area (Å²) in [5.74, 6) is -0.256. The zero-order valence-electron chi connectivity index (χ0n) is 12.7. The second-order valence-electron chi connectivity index (χ2n) is 5.10. The van der Waals surface area contributed by atoms with Crippen LogP contribution in [0.15, 0.2) is 42.5 Å². The van der Waals surface area contributed by atoms with E-state index in [-0.39, 0.29) is 12.1 Å². The van der Waals surface area contributed by atoms with Gasteiger partial charge in [-0.1, -0.05) is 6.07 Å². The quantitative estimate of drug-likeness (QED) is 0.898. The van der Waals surface area contributed by atoms with Crippen molar-refractivity contribution in [3.63, 3.8) is 0 Å². The molecule has 1 aliphatic heterocycles. The summed E-state index contributed by atoms with van der Waals surface area (Å²) < 4.78 is 23.9. The van der Waals surface area contributed by atoms with Gasteiger partial charge in [0.05, 0.1) is 6.54 Å². The first-order valence-electron chi connectivity index (χ1n) is 7.35. The van der Waals surface area contributed by atoms with Crippen LogP contribution in [0.1, 0.15) is 10.4 Å². The van der Waals surface area contributed by atoms with Crippen molar-refractivity contribution in [2.45, 2.75) is 0 Å². The predicted molar refractivity (Wildman–Crippen MR) is 84.8 cm³/mol. The Morgan fingerprint density at radius 2 is 1.83 bits per heavy atom. The normalized spacial score (nSPS) is 12.4. The first-order chi connectivity index (χ1) is 11.6. The third kappa shape index (κ3) is 3.81. The molecule has 3 rings (SSSR count). The second kappa shape index (κ2) is 6.99. The van der Waals surface area contributed by atoms with E-state index in [0.29, 0.717) is 30.4 Å². The van der Waals surface area contributed by atoms with E-state index in [4.69, 9.17) is 9.47 Å². The van der Waals surface area contributed by atoms with Gasteiger partial charge in [-0.15, -0.1) is 0 Å². The van der Waals surface area contributed by atoms with E-state index in [9.17, 15) is 14.0 Å². The summed E-state index contributed by atoms with van der Waals surface area (Å²) in [6, 6.07) is 10.3. The molecule has 1 heterocycles. The third-order valence-corrected chi connectivity index (χ3v) is 3.32. The SMILES string of the molecule is O=C(CNC(=O)c1cccc(F)c1)Nc1ccc2c(c1)OCCO2. The maximum atomic E-state index is 13.1. The number of amides is 2. The van der Waals surface area contributed by atoms with Gasteiger partial charge in [0.1, 0.15) is 19.0 Å². The van der Waals surface area contributed by atoms with Crippen LogP contribution in [0.4, 0.5) is 10.1 Å². The molecular formula is C17H15FN2O4. The molecule has 0 spiro atoms. The molecule has 6 nitrogen and oxygen atoms in total. The molecule has 0 saturated carbocycles. The number of benzene rings is 2. The lowest BCUT2D eigenvalue weighted by atomic mass is 10.2. The van der Waals surface area contributed by atoms with Crippen LogP contribution in [-0.2, 0) is 4.79 Å². The van der Waals surface area contributed by atoms with E-state index in [2.05, 4.69) is 10.6 Å². The van der Waals surface area contributed by atoms with Crippen molar-refractivity contribution < 1.29 is 23.5 Å². The number of halogens is 1. The number of rotatable bonds is 4. The van der Waals surface area contributed by atoms with Crippen molar-refractivity contribution in [1.29, 1.82) is 0 Å². The molecule has 2 amide bonds. The number of nitrogens with one attached hydrogen (secondary N) is 2. The monoisotopic (exact) mass is 330 g/mol. The summed E-state index contributed by atoms with van der Waals surface area (Å²) in [4.78, 5) is 23.8. The molecule has 0 atom stereocenters. The van der Waals surface area contributed by atoms with Gasteiger partial charge >= 0.3 is 0 Å². The van der Waals surface area contributed by atoms with Gasteiger partial charge < -0.3 is 20.1 Å². The molecule has 0 bridgehead atoms. The largest absolute Gasteiger partial charge is 0.486 e. The molecule has 2 N–H and O–H groups in total. The minimum Gasteiger partial charge on any atom is -0.486 e. The Labute approximate surface area is 137 Å². The average molecular weight is 330 g/mol. The molecule has 7 heteroatoms. The number of ether oxygens (including phenoxy) is 2. The Balaban J connectivity index is 1.55. The summed E-state index contributed by atoms with van der Waals surface area (Å²) in [5.41, 5.74) is 0.686. The topological polar surface area (TPSA) is 76.7 Å². The van der Waals surface area contributed by atoms with Crippen molar-refractivity contribution in [2.75, 3.05) is 25.1 Å². The van der Waals surface area contributed by atoms with Crippen LogP contribution in [-0.4, -0.2) is 31.6 Å². The number of carbonyl (C=O) groups is 2. The molecule has 1 aliphatic rings. The highest BCUT2D eigenvalue weighted by atomic mass is 19.1. The molecule has 0 unspecified atom stereocenters. The highest BCUT2D eigenvalue weighted by Crippen LogP contribution is 2.32. The van der Waals surface area contributed by atoms with Crippen molar-refractivity contribution in [2.24, 2.45) is 0 Å².